The molecule has 112 valence electrons. The van der Waals surface area contributed by atoms with Crippen LogP contribution < -0.4 is 10.0 Å². The maximum atomic E-state index is 13.0. The molecule has 0 aromatic heterocycles. The van der Waals surface area contributed by atoms with Crippen LogP contribution in [0.5, 0.6) is 0 Å². The lowest BCUT2D eigenvalue weighted by atomic mass is 10.1. The lowest BCUT2D eigenvalue weighted by Gasteiger charge is -2.14. The van der Waals surface area contributed by atoms with Crippen molar-refractivity contribution in [3.8, 4) is 0 Å². The van der Waals surface area contributed by atoms with Gasteiger partial charge in [0.15, 0.2) is 0 Å². The fraction of sp³-hybridized carbons (Fsp3) is 0.462. The minimum absolute atomic E-state index is 0.0703. The molecule has 1 aromatic carbocycles. The SMILES string of the molecule is CCS(=O)(=O)NCC(=O)NC(C)Cc1cccc(F)c1. The van der Waals surface area contributed by atoms with Crippen LogP contribution in [0.15, 0.2) is 24.3 Å². The summed E-state index contributed by atoms with van der Waals surface area (Å²) >= 11 is 0. The number of nitrogens with one attached hydrogen (secondary N) is 2. The standard InChI is InChI=1S/C13H19FN2O3S/c1-3-20(18,19)15-9-13(17)16-10(2)7-11-5-4-6-12(14)8-11/h4-6,8,10,15H,3,7,9H2,1-2H3,(H,16,17). The number of hydrogen-bond acceptors (Lipinski definition) is 3. The minimum atomic E-state index is -3.38. The van der Waals surface area contributed by atoms with Gasteiger partial charge >= 0.3 is 0 Å². The highest BCUT2D eigenvalue weighted by Gasteiger charge is 2.12. The average Bonchev–Trinajstić information content (AvgIpc) is 2.36. The van der Waals surface area contributed by atoms with E-state index in [0.717, 1.165) is 5.56 Å². The summed E-state index contributed by atoms with van der Waals surface area (Å²) in [6.07, 6.45) is 0.476. The molecule has 0 bridgehead atoms. The summed E-state index contributed by atoms with van der Waals surface area (Å²) in [5.74, 6) is -0.804. The molecule has 0 aliphatic rings. The highest BCUT2D eigenvalue weighted by atomic mass is 32.2. The Morgan fingerprint density at radius 3 is 2.70 bits per heavy atom. The lowest BCUT2D eigenvalue weighted by molar-refractivity contribution is -0.120. The van der Waals surface area contributed by atoms with E-state index in [1.54, 1.807) is 19.1 Å². The van der Waals surface area contributed by atoms with E-state index in [2.05, 4.69) is 10.0 Å². The molecule has 1 unspecified atom stereocenters. The highest BCUT2D eigenvalue weighted by Crippen LogP contribution is 2.06. The summed E-state index contributed by atoms with van der Waals surface area (Å²) in [5.41, 5.74) is 0.770. The smallest absolute Gasteiger partial charge is 0.235 e. The number of hydrogen-bond donors (Lipinski definition) is 2. The van der Waals surface area contributed by atoms with Gasteiger partial charge in [-0.05, 0) is 38.0 Å². The highest BCUT2D eigenvalue weighted by molar-refractivity contribution is 7.89. The maximum Gasteiger partial charge on any atom is 0.235 e. The normalized spacial score (nSPS) is 12.9. The Balaban J connectivity index is 2.42. The number of halogens is 1. The van der Waals surface area contributed by atoms with E-state index in [4.69, 9.17) is 0 Å². The van der Waals surface area contributed by atoms with Gasteiger partial charge in [-0.25, -0.2) is 17.5 Å². The van der Waals surface area contributed by atoms with E-state index in [1.807, 2.05) is 0 Å². The van der Waals surface area contributed by atoms with E-state index in [0.29, 0.717) is 6.42 Å². The Morgan fingerprint density at radius 1 is 1.40 bits per heavy atom. The predicted octanol–water partition coefficient (Wildman–Crippen LogP) is 0.812. The first-order chi connectivity index (χ1) is 9.32. The van der Waals surface area contributed by atoms with Crippen molar-refractivity contribution < 1.29 is 17.6 Å². The number of sulfonamides is 1. The summed E-state index contributed by atoms with van der Waals surface area (Å²) in [4.78, 5) is 11.6. The molecule has 0 spiro atoms. The van der Waals surface area contributed by atoms with E-state index >= 15 is 0 Å². The number of carbonyl (C=O) groups is 1. The van der Waals surface area contributed by atoms with Gasteiger partial charge in [0, 0.05) is 6.04 Å². The maximum absolute atomic E-state index is 13.0. The Morgan fingerprint density at radius 2 is 2.10 bits per heavy atom. The molecule has 7 heteroatoms. The van der Waals surface area contributed by atoms with Crippen molar-refractivity contribution in [2.45, 2.75) is 26.3 Å². The Labute approximate surface area is 118 Å². The molecule has 0 aliphatic carbocycles. The van der Waals surface area contributed by atoms with Gasteiger partial charge in [0.1, 0.15) is 5.82 Å². The van der Waals surface area contributed by atoms with Crippen molar-refractivity contribution in [1.29, 1.82) is 0 Å². The molecule has 0 radical (unpaired) electrons. The molecule has 0 fully saturated rings. The van der Waals surface area contributed by atoms with Crippen LogP contribution in [-0.4, -0.2) is 32.7 Å². The lowest BCUT2D eigenvalue weighted by Crippen LogP contribution is -2.41. The van der Waals surface area contributed by atoms with Crippen LogP contribution in [-0.2, 0) is 21.2 Å². The van der Waals surface area contributed by atoms with Gasteiger partial charge in [-0.15, -0.1) is 0 Å². The zero-order chi connectivity index (χ0) is 15.2. The Bertz CT molecular complexity index is 560. The van der Waals surface area contributed by atoms with Crippen molar-refractivity contribution in [2.24, 2.45) is 0 Å². The van der Waals surface area contributed by atoms with Crippen LogP contribution in [0.4, 0.5) is 4.39 Å². The van der Waals surface area contributed by atoms with Crippen LogP contribution in [0, 0.1) is 5.82 Å². The Hall–Kier alpha value is -1.47. The van der Waals surface area contributed by atoms with Gasteiger partial charge in [0.25, 0.3) is 0 Å². The third-order valence-electron chi connectivity index (χ3n) is 2.67. The molecule has 0 aliphatic heterocycles. The van der Waals surface area contributed by atoms with E-state index in [-0.39, 0.29) is 24.2 Å². The van der Waals surface area contributed by atoms with Gasteiger partial charge in [-0.3, -0.25) is 4.79 Å². The summed E-state index contributed by atoms with van der Waals surface area (Å²) in [5, 5.41) is 2.66. The van der Waals surface area contributed by atoms with Gasteiger partial charge in [-0.2, -0.15) is 0 Å². The molecule has 1 aromatic rings. The molecule has 5 nitrogen and oxygen atoms in total. The molecule has 1 atom stereocenters. The number of amides is 1. The van der Waals surface area contributed by atoms with Gasteiger partial charge in [0.2, 0.25) is 15.9 Å². The van der Waals surface area contributed by atoms with Gasteiger partial charge in [0.05, 0.1) is 12.3 Å². The van der Waals surface area contributed by atoms with Crippen LogP contribution in [0.1, 0.15) is 19.4 Å². The summed E-state index contributed by atoms with van der Waals surface area (Å²) in [6, 6.07) is 5.92. The van der Waals surface area contributed by atoms with E-state index in [1.165, 1.54) is 19.1 Å². The van der Waals surface area contributed by atoms with Crippen molar-refractivity contribution in [3.63, 3.8) is 0 Å². The van der Waals surface area contributed by atoms with Crippen LogP contribution in [0.2, 0.25) is 0 Å². The molecule has 20 heavy (non-hydrogen) atoms. The first-order valence-electron chi connectivity index (χ1n) is 6.33. The molecule has 2 N–H and O–H groups in total. The van der Waals surface area contributed by atoms with Crippen LogP contribution >= 0.6 is 0 Å². The largest absolute Gasteiger partial charge is 0.352 e. The van der Waals surface area contributed by atoms with Crippen LogP contribution in [0.3, 0.4) is 0 Å². The molecule has 1 amide bonds. The second kappa shape index (κ2) is 7.35. The Kier molecular flexibility index (Phi) is 6.09. The van der Waals surface area contributed by atoms with E-state index in [9.17, 15) is 17.6 Å². The summed E-state index contributed by atoms with van der Waals surface area (Å²) in [7, 11) is -3.38. The zero-order valence-electron chi connectivity index (χ0n) is 11.5. The zero-order valence-corrected chi connectivity index (χ0v) is 12.3. The van der Waals surface area contributed by atoms with Gasteiger partial charge in [-0.1, -0.05) is 12.1 Å². The second-order valence-electron chi connectivity index (χ2n) is 4.53. The van der Waals surface area contributed by atoms with Gasteiger partial charge < -0.3 is 5.32 Å². The average molecular weight is 302 g/mol. The van der Waals surface area contributed by atoms with Crippen molar-refractivity contribution in [3.05, 3.63) is 35.6 Å². The first kappa shape index (κ1) is 16.6. The van der Waals surface area contributed by atoms with Crippen molar-refractivity contribution in [1.82, 2.24) is 10.0 Å². The monoisotopic (exact) mass is 302 g/mol. The fourth-order valence-electron chi connectivity index (χ4n) is 1.67. The first-order valence-corrected chi connectivity index (χ1v) is 7.98. The second-order valence-corrected chi connectivity index (χ2v) is 6.62. The molecule has 1 rings (SSSR count). The predicted molar refractivity (Wildman–Crippen MR) is 75.2 cm³/mol. The molecule has 0 saturated carbocycles. The third-order valence-corrected chi connectivity index (χ3v) is 4.02. The topological polar surface area (TPSA) is 75.3 Å². The quantitative estimate of drug-likeness (QED) is 0.783. The molecule has 0 heterocycles. The van der Waals surface area contributed by atoms with Crippen LogP contribution in [0.25, 0.3) is 0 Å². The summed E-state index contributed by atoms with van der Waals surface area (Å²) < 4.78 is 37.6. The molecular formula is C13H19FN2O3S. The van der Waals surface area contributed by atoms with Crippen molar-refractivity contribution in [2.75, 3.05) is 12.3 Å². The molecular weight excluding hydrogens is 283 g/mol. The minimum Gasteiger partial charge on any atom is -0.352 e. The number of carbonyl (C=O) groups excluding carboxylic acids is 1. The fourth-order valence-corrected chi connectivity index (χ4v) is 2.23. The number of rotatable bonds is 7. The van der Waals surface area contributed by atoms with Crippen molar-refractivity contribution >= 4 is 15.9 Å². The third kappa shape index (κ3) is 6.12. The number of benzene rings is 1. The summed E-state index contributed by atoms with van der Waals surface area (Å²) in [6.45, 7) is 2.98. The van der Waals surface area contributed by atoms with E-state index < -0.39 is 15.9 Å². The molecule has 0 saturated heterocycles.